The third-order valence-electron chi connectivity index (χ3n) is 6.38. The smallest absolute Gasteiger partial charge is 0.185 e. The molecule has 2 saturated heterocycles. The van der Waals surface area contributed by atoms with E-state index in [9.17, 15) is 9.50 Å². The van der Waals surface area contributed by atoms with Crippen LogP contribution in [0.4, 0.5) is 10.2 Å². The Morgan fingerprint density at radius 3 is 2.75 bits per heavy atom. The molecule has 2 aliphatic heterocycles. The monoisotopic (exact) mass is 453 g/mol. The molecule has 0 aliphatic carbocycles. The number of phenolic OH excluding ortho intramolecular Hbond substituents is 1. The molecule has 32 heavy (non-hydrogen) atoms. The number of piperidine rings is 1. The van der Waals surface area contributed by atoms with Gasteiger partial charge in [-0.2, -0.15) is 5.10 Å². The second-order valence-electron chi connectivity index (χ2n) is 8.26. The maximum absolute atomic E-state index is 14.9. The van der Waals surface area contributed by atoms with Crippen LogP contribution in [0.2, 0.25) is 0 Å². The summed E-state index contributed by atoms with van der Waals surface area (Å²) in [5.74, 6) is 0.879. The van der Waals surface area contributed by atoms with Crippen molar-refractivity contribution >= 4 is 17.6 Å². The molecule has 8 nitrogen and oxygen atoms in total. The van der Waals surface area contributed by atoms with E-state index in [1.165, 1.54) is 11.8 Å². The summed E-state index contributed by atoms with van der Waals surface area (Å²) >= 11 is 1.50. The first kappa shape index (κ1) is 21.0. The van der Waals surface area contributed by atoms with Crippen molar-refractivity contribution < 1.29 is 9.50 Å². The molecule has 4 atom stereocenters. The zero-order valence-corrected chi connectivity index (χ0v) is 18.6. The number of nitrogens with one attached hydrogen (secondary N) is 1. The van der Waals surface area contributed by atoms with E-state index in [2.05, 4.69) is 30.7 Å². The molecule has 166 valence electrons. The van der Waals surface area contributed by atoms with Crippen molar-refractivity contribution in [2.45, 2.75) is 48.6 Å². The van der Waals surface area contributed by atoms with Gasteiger partial charge in [-0.3, -0.25) is 0 Å². The normalized spacial score (nSPS) is 24.5. The lowest BCUT2D eigenvalue weighted by atomic mass is 9.96. The van der Waals surface area contributed by atoms with Crippen LogP contribution in [-0.4, -0.2) is 68.1 Å². The maximum atomic E-state index is 14.9. The van der Waals surface area contributed by atoms with E-state index in [4.69, 9.17) is 0 Å². The number of hydrogen-bond donors (Lipinski definition) is 2. The standard InChI is InChI=1S/C22H24FN7OS/c1-30(17-9-14-4-6-16(26-14)21(17)23)19-11-24-22(29-27-19)15-5-3-12(7-18(15)31)13-8-20(32-2)28-25-10-13/h3,5,7-8,10-11,14,16-17,21,26,31H,4,6,9H2,1-2H3/t14-,16+,17+,21-/m1/s1. The number of aromatic hydroxyl groups is 1. The molecule has 2 N–H and O–H groups in total. The summed E-state index contributed by atoms with van der Waals surface area (Å²) in [6, 6.07) is 7.23. The van der Waals surface area contributed by atoms with Crippen LogP contribution in [-0.2, 0) is 0 Å². The lowest BCUT2D eigenvalue weighted by molar-refractivity contribution is 0.176. The van der Waals surface area contributed by atoms with Crippen molar-refractivity contribution in [1.29, 1.82) is 0 Å². The van der Waals surface area contributed by atoms with E-state index in [1.807, 2.05) is 30.3 Å². The number of fused-ring (bicyclic) bond motifs is 2. The first-order chi connectivity index (χ1) is 15.5. The van der Waals surface area contributed by atoms with Crippen molar-refractivity contribution in [3.63, 3.8) is 0 Å². The van der Waals surface area contributed by atoms with Crippen molar-refractivity contribution in [2.24, 2.45) is 0 Å². The van der Waals surface area contributed by atoms with Gasteiger partial charge < -0.3 is 15.3 Å². The second kappa shape index (κ2) is 8.59. The van der Waals surface area contributed by atoms with Gasteiger partial charge >= 0.3 is 0 Å². The molecule has 1 aromatic carbocycles. The van der Waals surface area contributed by atoms with Crippen molar-refractivity contribution in [3.05, 3.63) is 36.7 Å². The molecule has 2 fully saturated rings. The molecule has 0 saturated carbocycles. The largest absolute Gasteiger partial charge is 0.507 e. The fraction of sp³-hybridized carbons (Fsp3) is 0.409. The van der Waals surface area contributed by atoms with E-state index in [0.717, 1.165) is 35.4 Å². The van der Waals surface area contributed by atoms with Crippen LogP contribution in [0.5, 0.6) is 5.75 Å². The first-order valence-corrected chi connectivity index (χ1v) is 11.8. The number of halogens is 1. The predicted molar refractivity (Wildman–Crippen MR) is 121 cm³/mol. The minimum absolute atomic E-state index is 0.0478. The Labute approximate surface area is 189 Å². The van der Waals surface area contributed by atoms with Gasteiger partial charge in [0, 0.05) is 24.7 Å². The number of hydrogen-bond acceptors (Lipinski definition) is 9. The third kappa shape index (κ3) is 3.88. The van der Waals surface area contributed by atoms with Crippen molar-refractivity contribution in [1.82, 2.24) is 30.7 Å². The van der Waals surface area contributed by atoms with E-state index < -0.39 is 6.17 Å². The molecule has 0 radical (unpaired) electrons. The lowest BCUT2D eigenvalue weighted by Gasteiger charge is -2.38. The van der Waals surface area contributed by atoms with Gasteiger partial charge in [0.15, 0.2) is 11.6 Å². The molecular weight excluding hydrogens is 429 g/mol. The van der Waals surface area contributed by atoms with Gasteiger partial charge in [-0.1, -0.05) is 6.07 Å². The van der Waals surface area contributed by atoms with Crippen LogP contribution in [0.15, 0.2) is 41.7 Å². The molecule has 2 bridgehead atoms. The summed E-state index contributed by atoms with van der Waals surface area (Å²) in [6.07, 6.45) is 6.85. The number of alkyl halides is 1. The molecular formula is C22H24FN7OS. The van der Waals surface area contributed by atoms with Crippen LogP contribution < -0.4 is 10.2 Å². The highest BCUT2D eigenvalue weighted by Gasteiger charge is 2.43. The highest BCUT2D eigenvalue weighted by atomic mass is 32.2. The van der Waals surface area contributed by atoms with E-state index >= 15 is 0 Å². The predicted octanol–water partition coefficient (Wildman–Crippen LogP) is 3.09. The molecule has 10 heteroatoms. The van der Waals surface area contributed by atoms with Crippen LogP contribution in [0, 0.1) is 0 Å². The Morgan fingerprint density at radius 2 is 2.00 bits per heavy atom. The van der Waals surface area contributed by atoms with Crippen molar-refractivity contribution in [3.8, 4) is 28.3 Å². The summed E-state index contributed by atoms with van der Waals surface area (Å²) in [7, 11) is 1.84. The molecule has 2 aliphatic rings. The molecule has 0 spiro atoms. The lowest BCUT2D eigenvalue weighted by Crippen LogP contribution is -2.55. The molecule has 0 unspecified atom stereocenters. The number of aromatic nitrogens is 5. The Bertz CT molecular complexity index is 1120. The van der Waals surface area contributed by atoms with Crippen LogP contribution in [0.1, 0.15) is 19.3 Å². The van der Waals surface area contributed by atoms with Gasteiger partial charge in [0.2, 0.25) is 0 Å². The Kier molecular flexibility index (Phi) is 5.64. The summed E-state index contributed by atoms with van der Waals surface area (Å²) in [6.45, 7) is 0. The SMILES string of the molecule is CSc1cc(-c2ccc(-c3ncc(N(C)[C@H]4C[C@H]5CC[C@H](N5)[C@H]4F)nn3)c(O)c2)cnn1. The zero-order chi connectivity index (χ0) is 22.2. The quantitative estimate of drug-likeness (QED) is 0.565. The number of rotatable bonds is 5. The maximum Gasteiger partial charge on any atom is 0.185 e. The first-order valence-electron chi connectivity index (χ1n) is 10.6. The highest BCUT2D eigenvalue weighted by Crippen LogP contribution is 2.34. The van der Waals surface area contributed by atoms with Gasteiger partial charge in [-0.15, -0.1) is 27.1 Å². The Balaban J connectivity index is 1.35. The average molecular weight is 454 g/mol. The van der Waals surface area contributed by atoms with E-state index in [-0.39, 0.29) is 17.8 Å². The van der Waals surface area contributed by atoms with Gasteiger partial charge in [0.1, 0.15) is 16.9 Å². The van der Waals surface area contributed by atoms with Crippen LogP contribution in [0.3, 0.4) is 0 Å². The molecule has 0 amide bonds. The zero-order valence-electron chi connectivity index (χ0n) is 17.8. The van der Waals surface area contributed by atoms with Gasteiger partial charge in [0.05, 0.1) is 24.0 Å². The topological polar surface area (TPSA) is 100.0 Å². The van der Waals surface area contributed by atoms with Crippen LogP contribution in [0.25, 0.3) is 22.5 Å². The summed E-state index contributed by atoms with van der Waals surface area (Å²) in [4.78, 5) is 6.23. The number of phenols is 1. The fourth-order valence-electron chi connectivity index (χ4n) is 4.58. The summed E-state index contributed by atoms with van der Waals surface area (Å²) in [5.41, 5.74) is 2.15. The van der Waals surface area contributed by atoms with Gasteiger partial charge in [0.25, 0.3) is 0 Å². The number of anilines is 1. The minimum Gasteiger partial charge on any atom is -0.507 e. The molecule has 4 heterocycles. The minimum atomic E-state index is -0.953. The van der Waals surface area contributed by atoms with Crippen molar-refractivity contribution in [2.75, 3.05) is 18.2 Å². The number of nitrogens with zero attached hydrogens (tertiary/aromatic N) is 6. The fourth-order valence-corrected chi connectivity index (χ4v) is 4.95. The number of benzene rings is 1. The average Bonchev–Trinajstić information content (AvgIpc) is 3.24. The number of thioether (sulfide) groups is 1. The van der Waals surface area contributed by atoms with E-state index in [0.29, 0.717) is 23.2 Å². The highest BCUT2D eigenvalue weighted by molar-refractivity contribution is 7.98. The van der Waals surface area contributed by atoms with Crippen LogP contribution >= 0.6 is 11.8 Å². The molecule has 3 aromatic rings. The van der Waals surface area contributed by atoms with Gasteiger partial charge in [-0.25, -0.2) is 9.37 Å². The Hall–Kier alpha value is -2.85. The Morgan fingerprint density at radius 1 is 1.12 bits per heavy atom. The van der Waals surface area contributed by atoms with Gasteiger partial charge in [-0.05, 0) is 49.3 Å². The summed E-state index contributed by atoms with van der Waals surface area (Å²) in [5, 5.41) is 31.3. The van der Waals surface area contributed by atoms with E-state index in [1.54, 1.807) is 24.5 Å². The second-order valence-corrected chi connectivity index (χ2v) is 9.09. The molecule has 2 aromatic heterocycles. The summed E-state index contributed by atoms with van der Waals surface area (Å²) < 4.78 is 14.9. The molecule has 5 rings (SSSR count). The third-order valence-corrected chi connectivity index (χ3v) is 6.99.